The average Bonchev–Trinajstić information content (AvgIpc) is 3.32. The van der Waals surface area contributed by atoms with Crippen molar-refractivity contribution < 1.29 is 9.13 Å². The molecule has 3 aliphatic heterocycles. The Labute approximate surface area is 219 Å². The molecule has 2 N–H and O–H groups in total. The summed E-state index contributed by atoms with van der Waals surface area (Å²) in [5.41, 5.74) is 4.56. The van der Waals surface area contributed by atoms with E-state index in [1.807, 2.05) is 6.07 Å². The quantitative estimate of drug-likeness (QED) is 0.501. The number of piperidine rings is 1. The summed E-state index contributed by atoms with van der Waals surface area (Å²) in [5, 5.41) is 4.83. The summed E-state index contributed by atoms with van der Waals surface area (Å²) in [4.78, 5) is 11.2. The zero-order valence-corrected chi connectivity index (χ0v) is 22.2. The van der Waals surface area contributed by atoms with E-state index in [0.29, 0.717) is 12.1 Å². The summed E-state index contributed by atoms with van der Waals surface area (Å²) in [6, 6.07) is 16.8. The summed E-state index contributed by atoms with van der Waals surface area (Å²) in [6.45, 7) is 14.0. The van der Waals surface area contributed by atoms with E-state index in [-0.39, 0.29) is 11.4 Å². The lowest BCUT2D eigenvalue weighted by Crippen LogP contribution is -2.70. The van der Waals surface area contributed by atoms with Crippen LogP contribution in [-0.2, 0) is 4.74 Å². The fraction of sp³-hybridized carbons (Fsp3) is 0.533. The van der Waals surface area contributed by atoms with E-state index in [9.17, 15) is 4.39 Å². The molecule has 4 heterocycles. The van der Waals surface area contributed by atoms with Crippen LogP contribution in [-0.4, -0.2) is 91.4 Å². The number of nitrogens with zero attached hydrogens (tertiary/aromatic N) is 3. The zero-order valence-electron chi connectivity index (χ0n) is 22.2. The van der Waals surface area contributed by atoms with Crippen molar-refractivity contribution in [2.45, 2.75) is 44.3 Å². The maximum atomic E-state index is 13.6. The number of aromatic nitrogens is 1. The van der Waals surface area contributed by atoms with Crippen molar-refractivity contribution >= 4 is 16.6 Å². The molecule has 0 amide bonds. The van der Waals surface area contributed by atoms with Crippen LogP contribution in [0.2, 0.25) is 0 Å². The molecular weight excluding hydrogens is 465 g/mol. The maximum Gasteiger partial charge on any atom is 0.123 e. The lowest BCUT2D eigenvalue weighted by atomic mass is 9.92. The predicted molar refractivity (Wildman–Crippen MR) is 149 cm³/mol. The fourth-order valence-electron chi connectivity index (χ4n) is 6.25. The van der Waals surface area contributed by atoms with E-state index in [0.717, 1.165) is 94.0 Å². The molecule has 2 aromatic carbocycles. The van der Waals surface area contributed by atoms with Gasteiger partial charge in [-0.2, -0.15) is 0 Å². The molecule has 3 saturated heterocycles. The molecule has 0 spiro atoms. The van der Waals surface area contributed by atoms with Gasteiger partial charge in [0.05, 0.1) is 18.8 Å². The molecule has 1 aromatic heterocycles. The minimum absolute atomic E-state index is 0.178. The van der Waals surface area contributed by atoms with Crippen molar-refractivity contribution in [1.29, 1.82) is 0 Å². The lowest BCUT2D eigenvalue weighted by molar-refractivity contribution is -0.149. The highest BCUT2D eigenvalue weighted by atomic mass is 19.1. The predicted octanol–water partition coefficient (Wildman–Crippen LogP) is 4.33. The highest BCUT2D eigenvalue weighted by Crippen LogP contribution is 2.30. The van der Waals surface area contributed by atoms with Crippen LogP contribution in [0, 0.1) is 5.82 Å². The zero-order chi connectivity index (χ0) is 25.4. The summed E-state index contributed by atoms with van der Waals surface area (Å²) in [6.07, 6.45) is 2.29. The number of hydrogen-bond acceptors (Lipinski definition) is 5. The van der Waals surface area contributed by atoms with Crippen molar-refractivity contribution in [3.63, 3.8) is 0 Å². The Kier molecular flexibility index (Phi) is 6.97. The van der Waals surface area contributed by atoms with Gasteiger partial charge >= 0.3 is 0 Å². The Morgan fingerprint density at radius 1 is 1.00 bits per heavy atom. The first-order valence-corrected chi connectivity index (χ1v) is 13.9. The first-order valence-electron chi connectivity index (χ1n) is 13.9. The molecule has 37 heavy (non-hydrogen) atoms. The van der Waals surface area contributed by atoms with E-state index in [1.54, 1.807) is 12.1 Å². The fourth-order valence-corrected chi connectivity index (χ4v) is 6.25. The standard InChI is InChI=1S/C30H40FN5O/c1-22(2)34-12-14-36(15-13-34)30(20-37-21-30)19-32-26-8-10-35(11-9-26)27-5-3-4-23(17-27)29-18-24-16-25(31)6-7-28(24)33-29/h3-7,16-18,22,26,32-33H,8-15,19-21H2,1-2H3. The van der Waals surface area contributed by atoms with Gasteiger partial charge in [-0.3, -0.25) is 9.80 Å². The highest BCUT2D eigenvalue weighted by Gasteiger charge is 2.45. The van der Waals surface area contributed by atoms with Gasteiger partial charge in [-0.1, -0.05) is 12.1 Å². The monoisotopic (exact) mass is 505 g/mol. The van der Waals surface area contributed by atoms with E-state index in [2.05, 4.69) is 63.1 Å². The van der Waals surface area contributed by atoms with Crippen LogP contribution in [0.4, 0.5) is 10.1 Å². The third-order valence-corrected chi connectivity index (χ3v) is 8.78. The molecule has 0 bridgehead atoms. The van der Waals surface area contributed by atoms with Gasteiger partial charge in [0.2, 0.25) is 0 Å². The molecule has 6 rings (SSSR count). The third kappa shape index (κ3) is 5.15. The second-order valence-electron chi connectivity index (χ2n) is 11.4. The van der Waals surface area contributed by atoms with E-state index < -0.39 is 0 Å². The molecule has 3 aromatic rings. The molecule has 3 fully saturated rings. The molecule has 0 saturated carbocycles. The first-order chi connectivity index (χ1) is 18.0. The second kappa shape index (κ2) is 10.4. The normalized spacial score (nSPS) is 21.6. The number of fused-ring (bicyclic) bond motifs is 1. The number of rotatable bonds is 7. The highest BCUT2D eigenvalue weighted by molar-refractivity contribution is 5.86. The number of hydrogen-bond donors (Lipinski definition) is 2. The average molecular weight is 506 g/mol. The van der Waals surface area contributed by atoms with Crippen LogP contribution >= 0.6 is 0 Å². The molecule has 0 atom stereocenters. The van der Waals surface area contributed by atoms with Crippen LogP contribution in [0.3, 0.4) is 0 Å². The summed E-state index contributed by atoms with van der Waals surface area (Å²) in [7, 11) is 0. The van der Waals surface area contributed by atoms with Crippen molar-refractivity contribution in [3.8, 4) is 11.3 Å². The molecule has 0 radical (unpaired) electrons. The number of benzene rings is 2. The van der Waals surface area contributed by atoms with Crippen LogP contribution in [0.15, 0.2) is 48.5 Å². The van der Waals surface area contributed by atoms with E-state index in [1.165, 1.54) is 11.8 Å². The molecule has 0 aliphatic carbocycles. The Balaban J connectivity index is 1.04. The molecule has 0 unspecified atom stereocenters. The number of aromatic amines is 1. The number of halogens is 1. The van der Waals surface area contributed by atoms with Gasteiger partial charge in [-0.25, -0.2) is 4.39 Å². The molecule has 7 heteroatoms. The van der Waals surface area contributed by atoms with Gasteiger partial charge in [-0.05, 0) is 68.7 Å². The van der Waals surface area contributed by atoms with Crippen molar-refractivity contribution in [2.75, 3.05) is 63.9 Å². The van der Waals surface area contributed by atoms with Crippen LogP contribution < -0.4 is 10.2 Å². The van der Waals surface area contributed by atoms with Gasteiger partial charge in [0, 0.05) is 80.2 Å². The minimum atomic E-state index is -0.201. The van der Waals surface area contributed by atoms with Crippen molar-refractivity contribution in [2.24, 2.45) is 0 Å². The van der Waals surface area contributed by atoms with Gasteiger partial charge in [-0.15, -0.1) is 0 Å². The Morgan fingerprint density at radius 3 is 2.49 bits per heavy atom. The van der Waals surface area contributed by atoms with Crippen LogP contribution in [0.5, 0.6) is 0 Å². The summed E-state index contributed by atoms with van der Waals surface area (Å²) in [5.74, 6) is -0.201. The Hall–Kier alpha value is -2.45. The first kappa shape index (κ1) is 24.9. The number of anilines is 1. The van der Waals surface area contributed by atoms with Crippen molar-refractivity contribution in [1.82, 2.24) is 20.1 Å². The van der Waals surface area contributed by atoms with Gasteiger partial charge in [0.25, 0.3) is 0 Å². The largest absolute Gasteiger partial charge is 0.377 e. The summed E-state index contributed by atoms with van der Waals surface area (Å²) >= 11 is 0. The smallest absolute Gasteiger partial charge is 0.123 e. The SMILES string of the molecule is CC(C)N1CCN(C2(CNC3CCN(c4cccc(-c5cc6cc(F)ccc6[nH]5)c4)CC3)COC2)CC1. The minimum Gasteiger partial charge on any atom is -0.377 e. The van der Waals surface area contributed by atoms with Crippen LogP contribution in [0.25, 0.3) is 22.2 Å². The van der Waals surface area contributed by atoms with Crippen LogP contribution in [0.1, 0.15) is 26.7 Å². The lowest BCUT2D eigenvalue weighted by Gasteiger charge is -2.53. The molecule has 6 nitrogen and oxygen atoms in total. The summed E-state index contributed by atoms with van der Waals surface area (Å²) < 4.78 is 19.4. The molecule has 3 aliphatic rings. The third-order valence-electron chi connectivity index (χ3n) is 8.78. The maximum absolute atomic E-state index is 13.6. The van der Waals surface area contributed by atoms with E-state index >= 15 is 0 Å². The number of piperazine rings is 1. The number of ether oxygens (including phenoxy) is 1. The van der Waals surface area contributed by atoms with E-state index in [4.69, 9.17) is 4.74 Å². The number of nitrogens with one attached hydrogen (secondary N) is 2. The number of H-pyrrole nitrogens is 1. The Bertz CT molecular complexity index is 1210. The molecule has 198 valence electrons. The topological polar surface area (TPSA) is 46.8 Å². The van der Waals surface area contributed by atoms with Gasteiger partial charge in [0.15, 0.2) is 0 Å². The molecular formula is C30H40FN5O. The van der Waals surface area contributed by atoms with Gasteiger partial charge < -0.3 is 19.9 Å². The Morgan fingerprint density at radius 2 is 1.78 bits per heavy atom. The van der Waals surface area contributed by atoms with Gasteiger partial charge in [0.1, 0.15) is 5.82 Å². The van der Waals surface area contributed by atoms with Crippen molar-refractivity contribution in [3.05, 3.63) is 54.3 Å². The second-order valence-corrected chi connectivity index (χ2v) is 11.4.